The minimum Gasteiger partial charge on any atom is -0.208 e. The summed E-state index contributed by atoms with van der Waals surface area (Å²) in [5.74, 6) is 1.89. The molecule has 0 saturated heterocycles. The molecule has 0 fully saturated rings. The topological polar surface area (TPSA) is 38.7 Å². The highest BCUT2D eigenvalue weighted by molar-refractivity contribution is 6.07. The molecule has 0 saturated carbocycles. The van der Waals surface area contributed by atoms with E-state index in [4.69, 9.17) is 15.0 Å². The number of hydrogen-bond acceptors (Lipinski definition) is 3. The van der Waals surface area contributed by atoms with Crippen molar-refractivity contribution in [1.29, 1.82) is 0 Å². The summed E-state index contributed by atoms with van der Waals surface area (Å²) >= 11 is 0. The number of benzene rings is 9. The van der Waals surface area contributed by atoms with Crippen molar-refractivity contribution in [3.8, 4) is 89.8 Å². The van der Waals surface area contributed by atoms with Crippen molar-refractivity contribution in [2.24, 2.45) is 0 Å². The Kier molecular flexibility index (Phi) is 9.23. The fourth-order valence-electron chi connectivity index (χ4n) is 8.05. The number of aromatic nitrogens is 3. The van der Waals surface area contributed by atoms with Gasteiger partial charge in [-0.1, -0.05) is 212 Å². The lowest BCUT2D eigenvalue weighted by molar-refractivity contribution is 1.08. The van der Waals surface area contributed by atoms with E-state index in [0.29, 0.717) is 17.5 Å². The first-order valence-corrected chi connectivity index (χ1v) is 19.6. The van der Waals surface area contributed by atoms with Gasteiger partial charge in [0.15, 0.2) is 17.5 Å². The van der Waals surface area contributed by atoms with Gasteiger partial charge in [0.25, 0.3) is 0 Å². The van der Waals surface area contributed by atoms with Crippen LogP contribution >= 0.6 is 0 Å². The number of rotatable bonds is 8. The van der Waals surface area contributed by atoms with Crippen LogP contribution in [0, 0.1) is 0 Å². The fraction of sp³-hybridized carbons (Fsp3) is 0. The lowest BCUT2D eigenvalue weighted by Gasteiger charge is -2.24. The average molecular weight is 740 g/mol. The summed E-state index contributed by atoms with van der Waals surface area (Å²) in [6.07, 6.45) is 0. The zero-order valence-corrected chi connectivity index (χ0v) is 31.7. The molecule has 0 amide bonds. The molecule has 10 aromatic rings. The van der Waals surface area contributed by atoms with E-state index in [-0.39, 0.29) is 0 Å². The van der Waals surface area contributed by atoms with Gasteiger partial charge in [-0.05, 0) is 78.5 Å². The largest absolute Gasteiger partial charge is 0.208 e. The van der Waals surface area contributed by atoms with E-state index in [0.717, 1.165) is 66.4 Å². The second-order valence-corrected chi connectivity index (χ2v) is 14.3. The minimum absolute atomic E-state index is 0.618. The Bertz CT molecular complexity index is 3010. The molecule has 272 valence electrons. The Morgan fingerprint density at radius 2 is 0.621 bits per heavy atom. The minimum atomic E-state index is 0.618. The van der Waals surface area contributed by atoms with E-state index in [1.54, 1.807) is 0 Å². The molecule has 1 heterocycles. The summed E-state index contributed by atoms with van der Waals surface area (Å²) in [6.45, 7) is 0. The Labute approximate surface area is 338 Å². The van der Waals surface area contributed by atoms with Crippen molar-refractivity contribution in [2.75, 3.05) is 0 Å². The molecular formula is C55H37N3. The van der Waals surface area contributed by atoms with Gasteiger partial charge in [0.2, 0.25) is 0 Å². The van der Waals surface area contributed by atoms with Gasteiger partial charge in [-0.25, -0.2) is 15.0 Å². The van der Waals surface area contributed by atoms with Gasteiger partial charge in [0.1, 0.15) is 0 Å². The second kappa shape index (κ2) is 15.4. The zero-order valence-electron chi connectivity index (χ0n) is 31.7. The summed E-state index contributed by atoms with van der Waals surface area (Å²) in [5.41, 5.74) is 14.3. The lowest BCUT2D eigenvalue weighted by Crippen LogP contribution is -2.01. The maximum Gasteiger partial charge on any atom is 0.164 e. The first-order valence-electron chi connectivity index (χ1n) is 19.6. The van der Waals surface area contributed by atoms with Gasteiger partial charge in [-0.15, -0.1) is 0 Å². The third-order valence-electron chi connectivity index (χ3n) is 10.7. The predicted octanol–water partition coefficient (Wildman–Crippen LogP) is 14.4. The third kappa shape index (κ3) is 6.65. The van der Waals surface area contributed by atoms with Crippen LogP contribution in [0.4, 0.5) is 0 Å². The van der Waals surface area contributed by atoms with Crippen LogP contribution in [0.3, 0.4) is 0 Å². The highest BCUT2D eigenvalue weighted by Gasteiger charge is 2.24. The van der Waals surface area contributed by atoms with Gasteiger partial charge >= 0.3 is 0 Å². The molecule has 0 aliphatic rings. The first kappa shape index (κ1) is 34.7. The molecule has 0 aliphatic carbocycles. The predicted molar refractivity (Wildman–Crippen MR) is 241 cm³/mol. The van der Waals surface area contributed by atoms with Crippen LogP contribution in [0.1, 0.15) is 0 Å². The van der Waals surface area contributed by atoms with Crippen molar-refractivity contribution < 1.29 is 0 Å². The molecule has 0 N–H and O–H groups in total. The quantitative estimate of drug-likeness (QED) is 0.156. The second-order valence-electron chi connectivity index (χ2n) is 14.3. The standard InChI is InChI=1S/C55H37N3/c1-6-20-39(21-7-1)48-37-49(51(41-25-10-3-11-26-41)52(42-27-12-4-13-28-42)50(48)40-23-8-2-9-24-40)44-32-18-33-45(36-44)54-56-53(43-29-14-5-15-30-43)57-55(58-54)47-35-19-31-38-22-16-17-34-46(38)47/h1-37H. The molecule has 9 aromatic carbocycles. The molecule has 0 aliphatic heterocycles. The van der Waals surface area contributed by atoms with E-state index in [2.05, 4.69) is 206 Å². The molecule has 0 unspecified atom stereocenters. The van der Waals surface area contributed by atoms with E-state index in [1.807, 2.05) is 18.2 Å². The Morgan fingerprint density at radius 1 is 0.224 bits per heavy atom. The van der Waals surface area contributed by atoms with Gasteiger partial charge in [0.05, 0.1) is 0 Å². The van der Waals surface area contributed by atoms with Crippen LogP contribution < -0.4 is 0 Å². The molecular weight excluding hydrogens is 703 g/mol. The Hall–Kier alpha value is -7.75. The molecule has 10 rings (SSSR count). The van der Waals surface area contributed by atoms with Crippen molar-refractivity contribution in [3.05, 3.63) is 224 Å². The molecule has 0 bridgehead atoms. The van der Waals surface area contributed by atoms with E-state index >= 15 is 0 Å². The van der Waals surface area contributed by atoms with Crippen molar-refractivity contribution in [2.45, 2.75) is 0 Å². The maximum atomic E-state index is 5.23. The number of nitrogens with zero attached hydrogens (tertiary/aromatic N) is 3. The Balaban J connectivity index is 1.26. The van der Waals surface area contributed by atoms with Gasteiger partial charge in [-0.2, -0.15) is 0 Å². The molecule has 0 radical (unpaired) electrons. The summed E-state index contributed by atoms with van der Waals surface area (Å²) in [4.78, 5) is 15.5. The normalized spacial score (nSPS) is 11.1. The molecule has 3 heteroatoms. The van der Waals surface area contributed by atoms with Crippen LogP contribution in [-0.4, -0.2) is 15.0 Å². The third-order valence-corrected chi connectivity index (χ3v) is 10.7. The average Bonchev–Trinajstić information content (AvgIpc) is 3.32. The molecule has 3 nitrogen and oxygen atoms in total. The van der Waals surface area contributed by atoms with E-state index < -0.39 is 0 Å². The highest BCUT2D eigenvalue weighted by Crippen LogP contribution is 2.50. The Morgan fingerprint density at radius 3 is 1.22 bits per heavy atom. The fourth-order valence-corrected chi connectivity index (χ4v) is 8.05. The van der Waals surface area contributed by atoms with E-state index in [9.17, 15) is 0 Å². The monoisotopic (exact) mass is 739 g/mol. The zero-order chi connectivity index (χ0) is 38.7. The smallest absolute Gasteiger partial charge is 0.164 e. The van der Waals surface area contributed by atoms with Gasteiger partial charge in [-0.3, -0.25) is 0 Å². The van der Waals surface area contributed by atoms with Gasteiger partial charge in [0, 0.05) is 16.7 Å². The molecule has 1 aromatic heterocycles. The van der Waals surface area contributed by atoms with Crippen molar-refractivity contribution in [1.82, 2.24) is 15.0 Å². The molecule has 0 atom stereocenters. The molecule has 58 heavy (non-hydrogen) atoms. The van der Waals surface area contributed by atoms with Crippen LogP contribution in [0.5, 0.6) is 0 Å². The van der Waals surface area contributed by atoms with Crippen LogP contribution in [-0.2, 0) is 0 Å². The molecule has 0 spiro atoms. The number of fused-ring (bicyclic) bond motifs is 1. The van der Waals surface area contributed by atoms with Crippen molar-refractivity contribution in [3.63, 3.8) is 0 Å². The maximum absolute atomic E-state index is 5.23. The van der Waals surface area contributed by atoms with Crippen LogP contribution in [0.15, 0.2) is 224 Å². The number of hydrogen-bond donors (Lipinski definition) is 0. The van der Waals surface area contributed by atoms with E-state index in [1.165, 1.54) is 16.7 Å². The highest BCUT2D eigenvalue weighted by atomic mass is 15.0. The SMILES string of the molecule is c1ccc(-c2nc(-c3cccc(-c4cc(-c5ccccc5)c(-c5ccccc5)c(-c5ccccc5)c4-c4ccccc4)c3)nc(-c3cccc4ccccc34)n2)cc1. The van der Waals surface area contributed by atoms with Crippen molar-refractivity contribution >= 4 is 10.8 Å². The summed E-state index contributed by atoms with van der Waals surface area (Å²) in [5, 5.41) is 2.24. The lowest BCUT2D eigenvalue weighted by atomic mass is 9.79. The summed E-state index contributed by atoms with van der Waals surface area (Å²) in [7, 11) is 0. The summed E-state index contributed by atoms with van der Waals surface area (Å²) in [6, 6.07) is 79.1. The van der Waals surface area contributed by atoms with Crippen LogP contribution in [0.25, 0.3) is 101 Å². The van der Waals surface area contributed by atoms with Crippen LogP contribution in [0.2, 0.25) is 0 Å². The van der Waals surface area contributed by atoms with Gasteiger partial charge < -0.3 is 0 Å². The first-order chi connectivity index (χ1) is 28.8. The summed E-state index contributed by atoms with van der Waals surface area (Å²) < 4.78 is 0.